The predicted octanol–water partition coefficient (Wildman–Crippen LogP) is 4.28. The van der Waals surface area contributed by atoms with E-state index in [1.165, 1.54) is 18.2 Å². The van der Waals surface area contributed by atoms with Gasteiger partial charge in [-0.05, 0) is 60.1 Å². The number of carbonyl (C=O) groups excluding carboxylic acids is 2. The molecule has 0 fully saturated rings. The van der Waals surface area contributed by atoms with Crippen LogP contribution >= 0.6 is 10.7 Å². The molecule has 208 valence electrons. The third kappa shape index (κ3) is 7.62. The lowest BCUT2D eigenvalue weighted by Crippen LogP contribution is -2.42. The first kappa shape index (κ1) is 29.8. The number of halogens is 7. The molecule has 2 heterocycles. The minimum absolute atomic E-state index is 0.0572. The van der Waals surface area contributed by atoms with Crippen molar-refractivity contribution in [2.75, 3.05) is 26.2 Å². The van der Waals surface area contributed by atoms with Crippen molar-refractivity contribution in [2.24, 2.45) is 0 Å². The highest BCUT2D eigenvalue weighted by Gasteiger charge is 2.43. The van der Waals surface area contributed by atoms with Crippen LogP contribution < -0.4 is 0 Å². The van der Waals surface area contributed by atoms with Gasteiger partial charge >= 0.3 is 24.2 Å². The zero-order valence-electron chi connectivity index (χ0n) is 19.8. The van der Waals surface area contributed by atoms with Crippen molar-refractivity contribution in [3.05, 3.63) is 64.7 Å². The van der Waals surface area contributed by atoms with E-state index in [1.807, 2.05) is 24.3 Å². The van der Waals surface area contributed by atoms with E-state index < -0.39 is 33.2 Å². The molecule has 0 unspecified atom stereocenters. The zero-order chi connectivity index (χ0) is 28.3. The van der Waals surface area contributed by atoms with Crippen LogP contribution in [-0.4, -0.2) is 68.6 Å². The molecule has 0 bridgehead atoms. The van der Waals surface area contributed by atoms with Crippen molar-refractivity contribution in [3.63, 3.8) is 0 Å². The number of alkyl halides is 6. The van der Waals surface area contributed by atoms with Crippen LogP contribution in [0.1, 0.15) is 22.3 Å². The molecular formula is C24H23ClF6N2O4S. The highest BCUT2D eigenvalue weighted by Crippen LogP contribution is 2.25. The Morgan fingerprint density at radius 3 is 1.39 bits per heavy atom. The molecule has 0 spiro atoms. The number of amides is 2. The summed E-state index contributed by atoms with van der Waals surface area (Å²) in [5, 5.41) is 0. The fraction of sp³-hybridized carbons (Fsp3) is 0.417. The molecule has 0 N–H and O–H groups in total. The molecule has 4 rings (SSSR count). The van der Waals surface area contributed by atoms with Crippen molar-refractivity contribution in [2.45, 2.75) is 42.9 Å². The third-order valence-corrected chi connectivity index (χ3v) is 7.59. The average Bonchev–Trinajstić information content (AvgIpc) is 3.18. The maximum Gasteiger partial charge on any atom is 0.471 e. The fourth-order valence-corrected chi connectivity index (χ4v) is 5.09. The van der Waals surface area contributed by atoms with E-state index in [0.29, 0.717) is 18.4 Å². The number of hydrogen-bond donors (Lipinski definition) is 0. The Balaban J connectivity index is 0.000000215. The summed E-state index contributed by atoms with van der Waals surface area (Å²) >= 11 is 0. The van der Waals surface area contributed by atoms with Crippen molar-refractivity contribution in [1.82, 2.24) is 9.80 Å². The van der Waals surface area contributed by atoms with Crippen molar-refractivity contribution in [1.29, 1.82) is 0 Å². The molecule has 38 heavy (non-hydrogen) atoms. The Kier molecular flexibility index (Phi) is 9.02. The van der Waals surface area contributed by atoms with Crippen molar-refractivity contribution < 1.29 is 44.3 Å². The number of fused-ring (bicyclic) bond motifs is 2. The van der Waals surface area contributed by atoms with Gasteiger partial charge in [-0.15, -0.1) is 0 Å². The van der Waals surface area contributed by atoms with E-state index in [9.17, 15) is 44.3 Å². The number of carbonyl (C=O) groups is 2. The molecule has 0 aliphatic carbocycles. The van der Waals surface area contributed by atoms with Gasteiger partial charge in [-0.3, -0.25) is 9.59 Å². The molecule has 14 heteroatoms. The maximum atomic E-state index is 12.4. The summed E-state index contributed by atoms with van der Waals surface area (Å²) in [6.07, 6.45) is -8.31. The molecule has 0 atom stereocenters. The summed E-state index contributed by atoms with van der Waals surface area (Å²) in [5.41, 5.74) is 3.38. The van der Waals surface area contributed by atoms with E-state index in [4.69, 9.17) is 10.7 Å². The van der Waals surface area contributed by atoms with Crippen LogP contribution in [0, 0.1) is 0 Å². The summed E-state index contributed by atoms with van der Waals surface area (Å²) < 4.78 is 96.7. The van der Waals surface area contributed by atoms with Crippen LogP contribution in [0.3, 0.4) is 0 Å². The molecule has 6 nitrogen and oxygen atoms in total. The second kappa shape index (κ2) is 11.5. The molecule has 0 saturated heterocycles. The van der Waals surface area contributed by atoms with E-state index in [0.717, 1.165) is 26.5 Å². The van der Waals surface area contributed by atoms with Gasteiger partial charge in [-0.25, -0.2) is 8.42 Å². The van der Waals surface area contributed by atoms with Crippen LogP contribution in [0.2, 0.25) is 0 Å². The van der Waals surface area contributed by atoms with Crippen LogP contribution in [0.4, 0.5) is 26.3 Å². The summed E-state index contributed by atoms with van der Waals surface area (Å²) in [6.45, 7) is 0.0974. The molecule has 2 aromatic rings. The molecule has 2 amide bonds. The van der Waals surface area contributed by atoms with E-state index in [-0.39, 0.29) is 43.9 Å². The van der Waals surface area contributed by atoms with Crippen LogP contribution in [-0.2, 0) is 44.3 Å². The van der Waals surface area contributed by atoms with Gasteiger partial charge in [0.05, 0.1) is 4.90 Å². The second-order valence-electron chi connectivity index (χ2n) is 8.72. The van der Waals surface area contributed by atoms with Crippen molar-refractivity contribution >= 4 is 31.5 Å². The normalized spacial score (nSPS) is 16.3. The average molecular weight is 585 g/mol. The Labute approximate surface area is 219 Å². The van der Waals surface area contributed by atoms with Gasteiger partial charge in [0.25, 0.3) is 9.05 Å². The van der Waals surface area contributed by atoms with Gasteiger partial charge in [0.15, 0.2) is 0 Å². The van der Waals surface area contributed by atoms with Crippen LogP contribution in [0.5, 0.6) is 0 Å². The first-order valence-corrected chi connectivity index (χ1v) is 13.7. The lowest BCUT2D eigenvalue weighted by atomic mass is 10.0. The SMILES string of the molecule is O=C(N1CCc2ccc(S(=O)(=O)Cl)cc2CC1)C(F)(F)F.O=C(N1CCc2ccccc2CC1)C(F)(F)F. The number of hydrogen-bond acceptors (Lipinski definition) is 4. The molecule has 2 aromatic carbocycles. The standard InChI is InChI=1S/C12H11ClF3NO3S.C12H12F3NO/c13-21(19,20)10-2-1-8-3-5-17(6-4-9(8)7-10)11(18)12(14,15)16;13-12(14,15)11(17)16-7-5-9-3-1-2-4-10(9)6-8-16/h1-2,7H,3-6H2;1-4H,5-8H2. The van der Waals surface area contributed by atoms with Crippen LogP contribution in [0.15, 0.2) is 47.4 Å². The van der Waals surface area contributed by atoms with Gasteiger partial charge in [0, 0.05) is 36.9 Å². The molecular weight excluding hydrogens is 562 g/mol. The van der Waals surface area contributed by atoms with Gasteiger partial charge < -0.3 is 9.80 Å². The molecule has 0 aromatic heterocycles. The van der Waals surface area contributed by atoms with Gasteiger partial charge in [0.2, 0.25) is 0 Å². The topological polar surface area (TPSA) is 74.8 Å². The maximum absolute atomic E-state index is 12.4. The Bertz CT molecular complexity index is 1270. The summed E-state index contributed by atoms with van der Waals surface area (Å²) in [5.74, 6) is -3.61. The Morgan fingerprint density at radius 2 is 1.03 bits per heavy atom. The van der Waals surface area contributed by atoms with E-state index in [2.05, 4.69) is 0 Å². The van der Waals surface area contributed by atoms with Crippen LogP contribution in [0.25, 0.3) is 0 Å². The minimum Gasteiger partial charge on any atom is -0.334 e. The minimum atomic E-state index is -4.90. The Morgan fingerprint density at radius 1 is 0.658 bits per heavy atom. The first-order chi connectivity index (χ1) is 17.6. The number of benzene rings is 2. The fourth-order valence-electron chi connectivity index (χ4n) is 4.29. The smallest absolute Gasteiger partial charge is 0.334 e. The molecule has 2 aliphatic rings. The lowest BCUT2D eigenvalue weighted by molar-refractivity contribution is -0.185. The summed E-state index contributed by atoms with van der Waals surface area (Å²) in [6, 6.07) is 11.7. The monoisotopic (exact) mass is 584 g/mol. The van der Waals surface area contributed by atoms with Crippen molar-refractivity contribution in [3.8, 4) is 0 Å². The quantitative estimate of drug-likeness (QED) is 0.371. The third-order valence-electron chi connectivity index (χ3n) is 6.24. The number of nitrogens with zero attached hydrogens (tertiary/aromatic N) is 2. The molecule has 2 aliphatic heterocycles. The first-order valence-electron chi connectivity index (χ1n) is 11.4. The van der Waals surface area contributed by atoms with E-state index in [1.54, 1.807) is 0 Å². The summed E-state index contributed by atoms with van der Waals surface area (Å²) in [4.78, 5) is 23.9. The largest absolute Gasteiger partial charge is 0.471 e. The number of rotatable bonds is 1. The Hall–Kier alpha value is -2.80. The summed E-state index contributed by atoms with van der Waals surface area (Å²) in [7, 11) is 1.35. The zero-order valence-corrected chi connectivity index (χ0v) is 21.4. The molecule has 0 radical (unpaired) electrons. The highest BCUT2D eigenvalue weighted by molar-refractivity contribution is 8.13. The lowest BCUT2D eigenvalue weighted by Gasteiger charge is -2.21. The van der Waals surface area contributed by atoms with Gasteiger partial charge in [0.1, 0.15) is 0 Å². The van der Waals surface area contributed by atoms with E-state index >= 15 is 0 Å². The highest BCUT2D eigenvalue weighted by atomic mass is 35.7. The van der Waals surface area contributed by atoms with Gasteiger partial charge in [-0.1, -0.05) is 30.3 Å². The molecule has 0 saturated carbocycles. The second-order valence-corrected chi connectivity index (χ2v) is 11.3. The predicted molar refractivity (Wildman–Crippen MR) is 126 cm³/mol. The van der Waals surface area contributed by atoms with Gasteiger partial charge in [-0.2, -0.15) is 26.3 Å².